The van der Waals surface area contributed by atoms with Crippen LogP contribution in [0.5, 0.6) is 11.5 Å². The summed E-state index contributed by atoms with van der Waals surface area (Å²) in [6.45, 7) is 1.63. The number of hydrogen-bond donors (Lipinski definition) is 4. The van der Waals surface area contributed by atoms with Crippen LogP contribution in [-0.4, -0.2) is 74.8 Å². The molecule has 264 valence electrons. The van der Waals surface area contributed by atoms with Gasteiger partial charge < -0.3 is 34.4 Å². The average molecular weight is 744 g/mol. The van der Waals surface area contributed by atoms with Gasteiger partial charge in [-0.1, -0.05) is 53.5 Å². The third-order valence-corrected chi connectivity index (χ3v) is 12.4. The van der Waals surface area contributed by atoms with Gasteiger partial charge in [-0.2, -0.15) is 0 Å². The number of carbonyl (C=O) groups is 2. The van der Waals surface area contributed by atoms with Crippen LogP contribution in [0, 0.1) is 5.92 Å². The number of hydrogen-bond acceptors (Lipinski definition) is 9. The standard InChI is InChI=1S/C36H37Cl2N2O9P/c37-23-5-3-6-24(38)32(23)39-25-7-2-1-4-21(25)17-29(41)48-27-12-13-36(43)28-16-22-10-11-26(47-30(42)19-50(44,45)46)33-31(22)35(36,34(27)49-33)14-15-40(28)18-20-8-9-20/h1-7,10-11,20,27-28,34,39,43H,8-9,12-19H2,(H2,44,45,46)/t27?,28-,34?,35+,36-/m1/s1. The Kier molecular flexibility index (Phi) is 8.50. The number of esters is 2. The lowest BCUT2D eigenvalue weighted by Gasteiger charge is -2.64. The van der Waals surface area contributed by atoms with Gasteiger partial charge in [-0.3, -0.25) is 19.1 Å². The Morgan fingerprint density at radius 3 is 2.50 bits per heavy atom. The van der Waals surface area contributed by atoms with Crippen LogP contribution in [-0.2, 0) is 37.1 Å². The zero-order valence-corrected chi connectivity index (χ0v) is 29.4. The Labute approximate surface area is 299 Å². The molecule has 0 aromatic heterocycles. The van der Waals surface area contributed by atoms with Crippen molar-refractivity contribution in [3.05, 3.63) is 81.3 Å². The van der Waals surface area contributed by atoms with Gasteiger partial charge in [0.1, 0.15) is 18.4 Å². The molecule has 2 saturated carbocycles. The van der Waals surface area contributed by atoms with Gasteiger partial charge in [0.15, 0.2) is 11.5 Å². The molecule has 3 aromatic rings. The highest BCUT2D eigenvalue weighted by molar-refractivity contribution is 7.52. The fourth-order valence-corrected chi connectivity index (χ4v) is 9.76. The van der Waals surface area contributed by atoms with Crippen LogP contribution in [0.4, 0.5) is 11.4 Å². The normalized spacial score (nSPS) is 28.0. The number of aliphatic hydroxyl groups is 1. The second-order valence-corrected chi connectivity index (χ2v) is 16.6. The number of anilines is 2. The van der Waals surface area contributed by atoms with Crippen molar-refractivity contribution in [3.63, 3.8) is 0 Å². The third-order valence-electron chi connectivity index (χ3n) is 11.1. The van der Waals surface area contributed by atoms with Crippen LogP contribution >= 0.6 is 30.8 Å². The highest BCUT2D eigenvalue weighted by atomic mass is 35.5. The Morgan fingerprint density at radius 2 is 1.76 bits per heavy atom. The van der Waals surface area contributed by atoms with Gasteiger partial charge in [0.2, 0.25) is 0 Å². The van der Waals surface area contributed by atoms with Gasteiger partial charge in [0.05, 0.1) is 33.2 Å². The molecular formula is C36H37Cl2N2O9P. The number of piperidine rings is 1. The van der Waals surface area contributed by atoms with Crippen LogP contribution in [0.15, 0.2) is 54.6 Å². The van der Waals surface area contributed by atoms with Crippen molar-refractivity contribution in [1.29, 1.82) is 0 Å². The summed E-state index contributed by atoms with van der Waals surface area (Å²) in [6, 6.07) is 15.8. The van der Waals surface area contributed by atoms with Gasteiger partial charge in [0.25, 0.3) is 0 Å². The molecule has 1 spiro atoms. The zero-order chi connectivity index (χ0) is 35.0. The molecule has 2 bridgehead atoms. The number of halogens is 2. The molecule has 5 atom stereocenters. The van der Waals surface area contributed by atoms with E-state index < -0.39 is 48.9 Å². The van der Waals surface area contributed by atoms with Crippen molar-refractivity contribution in [1.82, 2.24) is 4.90 Å². The lowest BCUT2D eigenvalue weighted by Crippen LogP contribution is -2.77. The predicted molar refractivity (Wildman–Crippen MR) is 185 cm³/mol. The first-order chi connectivity index (χ1) is 23.9. The third kappa shape index (κ3) is 5.81. The van der Waals surface area contributed by atoms with E-state index in [4.69, 9.17) is 37.4 Å². The molecular weight excluding hydrogens is 706 g/mol. The first kappa shape index (κ1) is 34.0. The van der Waals surface area contributed by atoms with Gasteiger partial charge in [-0.15, -0.1) is 0 Å². The first-order valence-corrected chi connectivity index (χ1v) is 19.4. The number of likely N-dealkylation sites (tertiary alicyclic amines) is 1. The van der Waals surface area contributed by atoms with E-state index in [9.17, 15) is 29.0 Å². The summed E-state index contributed by atoms with van der Waals surface area (Å²) in [5.74, 6) is -0.673. The number of rotatable bonds is 10. The van der Waals surface area contributed by atoms with E-state index in [1.165, 1.54) is 12.8 Å². The summed E-state index contributed by atoms with van der Waals surface area (Å²) in [6.07, 6.45) is 1.56. The summed E-state index contributed by atoms with van der Waals surface area (Å²) < 4.78 is 30.0. The molecule has 0 radical (unpaired) electrons. The summed E-state index contributed by atoms with van der Waals surface area (Å²) in [5, 5.41) is 17.0. The van der Waals surface area contributed by atoms with E-state index in [1.54, 1.807) is 24.3 Å². The number of benzene rings is 3. The van der Waals surface area contributed by atoms with Gasteiger partial charge in [-0.25, -0.2) is 0 Å². The highest BCUT2D eigenvalue weighted by Crippen LogP contribution is 2.66. The summed E-state index contributed by atoms with van der Waals surface area (Å²) in [4.78, 5) is 47.5. The van der Waals surface area contributed by atoms with Crippen LogP contribution < -0.4 is 14.8 Å². The topological polar surface area (TPSA) is 155 Å². The summed E-state index contributed by atoms with van der Waals surface area (Å²) >= 11 is 12.8. The number of nitrogens with zero attached hydrogens (tertiary/aromatic N) is 1. The molecule has 3 aliphatic carbocycles. The molecule has 3 fully saturated rings. The fraction of sp³-hybridized carbons (Fsp3) is 0.444. The van der Waals surface area contributed by atoms with E-state index >= 15 is 0 Å². The van der Waals surface area contributed by atoms with E-state index in [2.05, 4.69) is 10.2 Å². The van der Waals surface area contributed by atoms with Crippen LogP contribution in [0.2, 0.25) is 10.0 Å². The first-order valence-electron chi connectivity index (χ1n) is 16.9. The van der Waals surface area contributed by atoms with Crippen molar-refractivity contribution in [2.45, 2.75) is 74.2 Å². The number of carbonyl (C=O) groups excluding carboxylic acids is 2. The number of nitrogens with one attached hydrogen (secondary N) is 1. The van der Waals surface area contributed by atoms with Gasteiger partial charge >= 0.3 is 19.5 Å². The van der Waals surface area contributed by atoms with Crippen LogP contribution in [0.3, 0.4) is 0 Å². The molecule has 2 unspecified atom stereocenters. The number of para-hydroxylation sites is 2. The molecule has 1 saturated heterocycles. The Hall–Kier alpha value is -3.15. The van der Waals surface area contributed by atoms with Crippen molar-refractivity contribution in [3.8, 4) is 11.5 Å². The SMILES string of the molecule is O=C(CP(=O)(O)O)Oc1ccc2c3c1OC1C(OC(=O)Cc4ccccc4Nc4c(Cl)cccc4Cl)CC[C@@]4(O)[C@@H](C2)N(CC2CC2)CC[C@]314. The number of ether oxygens (including phenoxy) is 3. The molecule has 2 aliphatic heterocycles. The monoisotopic (exact) mass is 742 g/mol. The maximum Gasteiger partial charge on any atom is 0.336 e. The van der Waals surface area contributed by atoms with Gasteiger partial charge in [-0.05, 0) is 86.4 Å². The molecule has 3 aromatic carbocycles. The zero-order valence-electron chi connectivity index (χ0n) is 27.0. The maximum absolute atomic E-state index is 13.7. The predicted octanol–water partition coefficient (Wildman–Crippen LogP) is 5.54. The van der Waals surface area contributed by atoms with Crippen molar-refractivity contribution in [2.75, 3.05) is 24.6 Å². The fourth-order valence-electron chi connectivity index (χ4n) is 8.86. The molecule has 2 heterocycles. The minimum atomic E-state index is -4.68. The van der Waals surface area contributed by atoms with Crippen molar-refractivity contribution < 1.29 is 43.3 Å². The smallest absolute Gasteiger partial charge is 0.336 e. The molecule has 0 amide bonds. The molecule has 4 N–H and O–H groups in total. The molecule has 11 nitrogen and oxygen atoms in total. The van der Waals surface area contributed by atoms with E-state index in [0.29, 0.717) is 58.6 Å². The van der Waals surface area contributed by atoms with Crippen molar-refractivity contribution >= 4 is 54.1 Å². The molecule has 50 heavy (non-hydrogen) atoms. The minimum absolute atomic E-state index is 0.0236. The second kappa shape index (κ2) is 12.5. The van der Waals surface area contributed by atoms with Crippen molar-refractivity contribution in [2.24, 2.45) is 5.92 Å². The summed E-state index contributed by atoms with van der Waals surface area (Å²) in [5.41, 5.74) is 1.37. The Morgan fingerprint density at radius 1 is 1.00 bits per heavy atom. The Bertz CT molecular complexity index is 1910. The quantitative estimate of drug-likeness (QED) is 0.118. The highest BCUT2D eigenvalue weighted by Gasteiger charge is 2.73. The van der Waals surface area contributed by atoms with Gasteiger partial charge in [0, 0.05) is 23.8 Å². The van der Waals surface area contributed by atoms with E-state index in [0.717, 1.165) is 24.2 Å². The largest absolute Gasteiger partial charge is 0.481 e. The molecule has 5 aliphatic rings. The maximum atomic E-state index is 13.7. The van der Waals surface area contributed by atoms with Crippen LogP contribution in [0.25, 0.3) is 0 Å². The lowest BCUT2D eigenvalue weighted by molar-refractivity contribution is -0.216. The summed E-state index contributed by atoms with van der Waals surface area (Å²) in [7, 11) is -4.68. The van der Waals surface area contributed by atoms with Crippen LogP contribution in [0.1, 0.15) is 48.8 Å². The minimum Gasteiger partial charge on any atom is -0.481 e. The second-order valence-electron chi connectivity index (χ2n) is 14.2. The average Bonchev–Trinajstić information content (AvgIpc) is 3.79. The van der Waals surface area contributed by atoms with E-state index in [-0.39, 0.29) is 24.0 Å². The Balaban J connectivity index is 1.10. The molecule has 14 heteroatoms. The lowest BCUT2D eigenvalue weighted by atomic mass is 9.48. The molecule has 8 rings (SSSR count). The van der Waals surface area contributed by atoms with E-state index in [1.807, 2.05) is 30.3 Å².